The van der Waals surface area contributed by atoms with Crippen LogP contribution in [0, 0.1) is 0 Å². The second-order valence-corrected chi connectivity index (χ2v) is 24.6. The van der Waals surface area contributed by atoms with Crippen LogP contribution in [0.25, 0.3) is 11.2 Å². The molecule has 0 aliphatic rings. The smallest absolute Gasteiger partial charge is 0.409 e. The summed E-state index contributed by atoms with van der Waals surface area (Å²) >= 11 is 3.49. The summed E-state index contributed by atoms with van der Waals surface area (Å²) in [5.74, 6) is 0.581. The lowest BCUT2D eigenvalue weighted by molar-refractivity contribution is -0.0604. The standard InChI is InChI=1S/C28H43BrN4O4Si2/c1-21(26-31-24-18-23(29)19-30-27(24)32(26)20-36-13-15-38(2,3)4)33(28(34)35)25(37-14-16-39(5,6)7)17-22-11-9-8-10-12-22/h8-12,18-19,21,25H,13-17,20H2,1-7H3,(H,34,35)/t21-,25?/m0/s1. The molecule has 0 saturated heterocycles. The summed E-state index contributed by atoms with van der Waals surface area (Å²) in [5, 5.41) is 10.5. The van der Waals surface area contributed by atoms with Gasteiger partial charge in [0.15, 0.2) is 5.65 Å². The van der Waals surface area contributed by atoms with Crippen LogP contribution in [0.1, 0.15) is 24.4 Å². The van der Waals surface area contributed by atoms with Crippen LogP contribution >= 0.6 is 15.9 Å². The van der Waals surface area contributed by atoms with Crippen molar-refractivity contribution in [2.24, 2.45) is 0 Å². The van der Waals surface area contributed by atoms with Gasteiger partial charge in [-0.25, -0.2) is 14.8 Å². The Balaban J connectivity index is 1.96. The van der Waals surface area contributed by atoms with Gasteiger partial charge in [0.1, 0.15) is 24.3 Å². The number of carboxylic acid groups (broad SMARTS) is 1. The number of aromatic nitrogens is 3. The van der Waals surface area contributed by atoms with Crippen molar-refractivity contribution in [3.63, 3.8) is 0 Å². The summed E-state index contributed by atoms with van der Waals surface area (Å²) < 4.78 is 15.2. The molecular formula is C28H43BrN4O4Si2. The molecule has 1 aromatic carbocycles. The Morgan fingerprint density at radius 3 is 2.33 bits per heavy atom. The molecule has 8 nitrogen and oxygen atoms in total. The molecule has 0 aliphatic heterocycles. The second-order valence-electron chi connectivity index (χ2n) is 12.4. The molecule has 3 aromatic rings. The summed E-state index contributed by atoms with van der Waals surface area (Å²) in [4.78, 5) is 23.7. The first-order chi connectivity index (χ1) is 18.2. The van der Waals surface area contributed by atoms with Crippen molar-refractivity contribution in [3.05, 3.63) is 58.5 Å². The highest BCUT2D eigenvalue weighted by Crippen LogP contribution is 2.29. The normalized spacial score (nSPS) is 13.9. The third kappa shape index (κ3) is 9.52. The Kier molecular flexibility index (Phi) is 10.9. The van der Waals surface area contributed by atoms with Gasteiger partial charge >= 0.3 is 6.09 Å². The second kappa shape index (κ2) is 13.5. The van der Waals surface area contributed by atoms with E-state index >= 15 is 0 Å². The van der Waals surface area contributed by atoms with Crippen LogP contribution in [0.5, 0.6) is 0 Å². The molecular weight excluding hydrogens is 592 g/mol. The molecule has 2 heterocycles. The zero-order valence-electron chi connectivity index (χ0n) is 24.3. The summed E-state index contributed by atoms with van der Waals surface area (Å²) in [5.41, 5.74) is 2.37. The zero-order valence-corrected chi connectivity index (χ0v) is 27.9. The molecule has 2 aromatic heterocycles. The molecule has 0 bridgehead atoms. The maximum Gasteiger partial charge on any atom is 0.409 e. The van der Waals surface area contributed by atoms with E-state index < -0.39 is 34.5 Å². The van der Waals surface area contributed by atoms with Gasteiger partial charge in [0.2, 0.25) is 0 Å². The van der Waals surface area contributed by atoms with Crippen molar-refractivity contribution in [2.75, 3.05) is 13.2 Å². The van der Waals surface area contributed by atoms with Crippen LogP contribution in [0.15, 0.2) is 47.1 Å². The van der Waals surface area contributed by atoms with Gasteiger partial charge in [0.05, 0.1) is 6.04 Å². The molecule has 0 fully saturated rings. The van der Waals surface area contributed by atoms with E-state index in [0.29, 0.717) is 36.6 Å². The van der Waals surface area contributed by atoms with Gasteiger partial charge in [0, 0.05) is 46.5 Å². The van der Waals surface area contributed by atoms with Crippen LogP contribution in [-0.4, -0.2) is 66.2 Å². The van der Waals surface area contributed by atoms with Crippen LogP contribution in [0.3, 0.4) is 0 Å². The number of fused-ring (bicyclic) bond motifs is 1. The minimum absolute atomic E-state index is 0.253. The van der Waals surface area contributed by atoms with Crippen LogP contribution in [0.2, 0.25) is 51.4 Å². The number of ether oxygens (including phenoxy) is 2. The monoisotopic (exact) mass is 634 g/mol. The van der Waals surface area contributed by atoms with E-state index in [9.17, 15) is 9.90 Å². The van der Waals surface area contributed by atoms with E-state index in [0.717, 1.165) is 22.1 Å². The molecule has 0 radical (unpaired) electrons. The Hall–Kier alpha value is -2.06. The number of hydrogen-bond donors (Lipinski definition) is 1. The highest BCUT2D eigenvalue weighted by molar-refractivity contribution is 9.10. The fraction of sp³-hybridized carbons (Fsp3) is 0.536. The molecule has 39 heavy (non-hydrogen) atoms. The summed E-state index contributed by atoms with van der Waals surface area (Å²) in [6, 6.07) is 13.2. The van der Waals surface area contributed by atoms with Gasteiger partial charge in [-0.2, -0.15) is 0 Å². The predicted octanol–water partition coefficient (Wildman–Crippen LogP) is 7.47. The fourth-order valence-electron chi connectivity index (χ4n) is 4.20. The maximum atomic E-state index is 12.8. The number of rotatable bonds is 14. The average Bonchev–Trinajstić information content (AvgIpc) is 3.18. The zero-order chi connectivity index (χ0) is 28.8. The van der Waals surface area contributed by atoms with E-state index in [2.05, 4.69) is 60.2 Å². The summed E-state index contributed by atoms with van der Waals surface area (Å²) in [6.45, 7) is 17.1. The summed E-state index contributed by atoms with van der Waals surface area (Å²) in [7, 11) is -2.63. The molecule has 1 N–H and O–H groups in total. The SMILES string of the molecule is C[C@@H](c1nc2cc(Br)cnc2n1COCC[Si](C)(C)C)N(C(=O)O)C(Cc1ccccc1)OCC[Si](C)(C)C. The lowest BCUT2D eigenvalue weighted by atomic mass is 10.1. The van der Waals surface area contributed by atoms with Gasteiger partial charge < -0.3 is 14.6 Å². The first-order valence-electron chi connectivity index (χ1n) is 13.5. The van der Waals surface area contributed by atoms with Crippen LogP contribution in [0.4, 0.5) is 4.79 Å². The maximum absolute atomic E-state index is 12.8. The van der Waals surface area contributed by atoms with Crippen molar-refractivity contribution < 1.29 is 19.4 Å². The summed E-state index contributed by atoms with van der Waals surface area (Å²) in [6.07, 6.45) is 0.449. The first-order valence-corrected chi connectivity index (χ1v) is 21.7. The number of amides is 1. The van der Waals surface area contributed by atoms with Crippen molar-refractivity contribution >= 4 is 49.3 Å². The van der Waals surface area contributed by atoms with E-state index in [-0.39, 0.29) is 6.73 Å². The lowest BCUT2D eigenvalue weighted by Gasteiger charge is -2.34. The topological polar surface area (TPSA) is 89.7 Å². The van der Waals surface area contributed by atoms with Gasteiger partial charge in [0.25, 0.3) is 0 Å². The molecule has 0 saturated carbocycles. The van der Waals surface area contributed by atoms with Crippen molar-refractivity contribution in [3.8, 4) is 0 Å². The third-order valence-corrected chi connectivity index (χ3v) is 10.4. The van der Waals surface area contributed by atoms with E-state index in [1.54, 1.807) is 6.20 Å². The number of imidazole rings is 1. The highest BCUT2D eigenvalue weighted by Gasteiger charge is 2.34. The fourth-order valence-corrected chi connectivity index (χ4v) is 6.01. The molecule has 0 aliphatic carbocycles. The Labute approximate surface area is 242 Å². The number of pyridine rings is 1. The highest BCUT2D eigenvalue weighted by atomic mass is 79.9. The van der Waals surface area contributed by atoms with Crippen molar-refractivity contribution in [1.29, 1.82) is 0 Å². The molecule has 1 unspecified atom stereocenters. The van der Waals surface area contributed by atoms with Crippen LogP contribution in [-0.2, 0) is 22.6 Å². The number of carbonyl (C=O) groups is 1. The van der Waals surface area contributed by atoms with E-state index in [1.807, 2.05) is 47.9 Å². The minimum Gasteiger partial charge on any atom is -0.465 e. The van der Waals surface area contributed by atoms with Gasteiger partial charge in [-0.1, -0.05) is 69.6 Å². The van der Waals surface area contributed by atoms with Crippen molar-refractivity contribution in [2.45, 2.75) is 83.7 Å². The van der Waals surface area contributed by atoms with Gasteiger partial charge in [-0.15, -0.1) is 0 Å². The number of halogens is 1. The largest absolute Gasteiger partial charge is 0.465 e. The average molecular weight is 636 g/mol. The molecule has 3 rings (SSSR count). The van der Waals surface area contributed by atoms with E-state index in [4.69, 9.17) is 14.5 Å². The van der Waals surface area contributed by atoms with Gasteiger partial charge in [-0.05, 0) is 46.6 Å². The third-order valence-electron chi connectivity index (χ3n) is 6.54. The number of hydrogen-bond acceptors (Lipinski definition) is 5. The quantitative estimate of drug-likeness (QED) is 0.112. The van der Waals surface area contributed by atoms with Gasteiger partial charge in [-0.3, -0.25) is 9.47 Å². The lowest BCUT2D eigenvalue weighted by Crippen LogP contribution is -2.45. The Bertz CT molecular complexity index is 1230. The Morgan fingerprint density at radius 2 is 1.72 bits per heavy atom. The molecule has 0 spiro atoms. The minimum atomic E-state index is -1.37. The molecule has 11 heteroatoms. The number of benzene rings is 1. The van der Waals surface area contributed by atoms with Crippen molar-refractivity contribution in [1.82, 2.24) is 19.4 Å². The molecule has 2 atom stereocenters. The first kappa shape index (κ1) is 31.5. The van der Waals surface area contributed by atoms with Crippen LogP contribution < -0.4 is 0 Å². The Morgan fingerprint density at radius 1 is 1.08 bits per heavy atom. The number of nitrogens with zero attached hydrogens (tertiary/aromatic N) is 4. The molecule has 214 valence electrons. The predicted molar refractivity (Wildman–Crippen MR) is 166 cm³/mol. The molecule has 1 amide bonds. The van der Waals surface area contributed by atoms with E-state index in [1.165, 1.54) is 4.90 Å².